The Morgan fingerprint density at radius 2 is 1.97 bits per heavy atom. The van der Waals surface area contributed by atoms with Crippen LogP contribution in [0, 0.1) is 5.92 Å². The number of fused-ring (bicyclic) bond motifs is 1. The molecular formula is C30H39N7O2. The van der Waals surface area contributed by atoms with Crippen molar-refractivity contribution < 1.29 is 9.90 Å². The lowest BCUT2D eigenvalue weighted by Gasteiger charge is -2.26. The van der Waals surface area contributed by atoms with Crippen LogP contribution in [0.5, 0.6) is 0 Å². The number of nitrogens with zero attached hydrogens (tertiary/aromatic N) is 5. The number of hydrogen-bond donors (Lipinski definition) is 3. The first-order valence-corrected chi connectivity index (χ1v) is 13.8. The molecule has 39 heavy (non-hydrogen) atoms. The summed E-state index contributed by atoms with van der Waals surface area (Å²) in [5.41, 5.74) is 12.3. The topological polar surface area (TPSA) is 113 Å². The molecule has 3 heterocycles. The zero-order valence-corrected chi connectivity index (χ0v) is 23.1. The largest absolute Gasteiger partial charge is 0.383 e. The third kappa shape index (κ3) is 5.69. The van der Waals surface area contributed by atoms with Crippen molar-refractivity contribution in [3.05, 3.63) is 54.4 Å². The summed E-state index contributed by atoms with van der Waals surface area (Å²) in [5.74, 6) is 0.798. The van der Waals surface area contributed by atoms with Crippen LogP contribution >= 0.6 is 0 Å². The molecule has 0 spiro atoms. The molecule has 1 saturated heterocycles. The molecular weight excluding hydrogens is 490 g/mol. The molecule has 1 aliphatic heterocycles. The summed E-state index contributed by atoms with van der Waals surface area (Å²) < 4.78 is 2.08. The molecule has 1 fully saturated rings. The molecule has 0 bridgehead atoms. The van der Waals surface area contributed by atoms with Crippen LogP contribution in [0.1, 0.15) is 37.7 Å². The van der Waals surface area contributed by atoms with Crippen LogP contribution < -0.4 is 11.1 Å². The van der Waals surface area contributed by atoms with E-state index < -0.39 is 6.23 Å². The minimum Gasteiger partial charge on any atom is -0.383 e. The van der Waals surface area contributed by atoms with E-state index in [9.17, 15) is 9.90 Å². The molecule has 0 saturated carbocycles. The number of likely N-dealkylation sites (N-methyl/N-ethyl adjacent to an activating group) is 1. The number of carbonyl (C=O) groups is 1. The second-order valence-corrected chi connectivity index (χ2v) is 10.8. The molecule has 1 amide bonds. The maximum Gasteiger partial charge on any atom is 0.226 e. The summed E-state index contributed by atoms with van der Waals surface area (Å²) in [6.07, 6.45) is 11.2. The van der Waals surface area contributed by atoms with Crippen molar-refractivity contribution in [3.8, 4) is 11.3 Å². The standard InChI is InChI=1S/C30H39N7O2/c1-35(2)16-6-7-24(38)34-23-14-12-21(13-15-23)27-25(26-28(31)32-19-33-29(26)36(27)3)20-8-10-22(11-9-20)30(39)37-17-4-5-18-37/h6-8,12-15,19,22,24,34,38H,4-5,9-11,16-18H2,1-3H3,(H2,31,32,33)/b7-6+/t22-,24?/m0/s1. The number of hydrogen-bond acceptors (Lipinski definition) is 7. The lowest BCUT2D eigenvalue weighted by Crippen LogP contribution is -2.34. The Morgan fingerprint density at radius 3 is 2.64 bits per heavy atom. The molecule has 1 aliphatic carbocycles. The van der Waals surface area contributed by atoms with Gasteiger partial charge in [0.05, 0.1) is 11.1 Å². The van der Waals surface area contributed by atoms with E-state index in [1.807, 2.05) is 61.3 Å². The van der Waals surface area contributed by atoms with Crippen molar-refractivity contribution in [2.75, 3.05) is 44.8 Å². The number of aliphatic hydroxyl groups excluding tert-OH is 1. The van der Waals surface area contributed by atoms with Gasteiger partial charge in [-0.25, -0.2) is 9.97 Å². The van der Waals surface area contributed by atoms with E-state index in [4.69, 9.17) is 5.73 Å². The average Bonchev–Trinajstić information content (AvgIpc) is 3.56. The van der Waals surface area contributed by atoms with Gasteiger partial charge < -0.3 is 30.5 Å². The van der Waals surface area contributed by atoms with Gasteiger partial charge in [0, 0.05) is 43.9 Å². The highest BCUT2D eigenvalue weighted by Crippen LogP contribution is 2.43. The van der Waals surface area contributed by atoms with Crippen LogP contribution in [-0.2, 0) is 11.8 Å². The number of nitrogens with two attached hydrogens (primary N) is 1. The average molecular weight is 530 g/mol. The zero-order chi connectivity index (χ0) is 27.5. The lowest BCUT2D eigenvalue weighted by atomic mass is 9.84. The third-order valence-electron chi connectivity index (χ3n) is 7.76. The Kier molecular flexibility index (Phi) is 7.99. The van der Waals surface area contributed by atoms with Crippen LogP contribution in [0.15, 0.2) is 48.8 Å². The van der Waals surface area contributed by atoms with Crippen molar-refractivity contribution in [2.45, 2.75) is 38.3 Å². The summed E-state index contributed by atoms with van der Waals surface area (Å²) in [5, 5.41) is 14.3. The third-order valence-corrected chi connectivity index (χ3v) is 7.76. The molecule has 9 nitrogen and oxygen atoms in total. The Bertz CT molecular complexity index is 1380. The van der Waals surface area contributed by atoms with Crippen molar-refractivity contribution in [1.82, 2.24) is 24.3 Å². The van der Waals surface area contributed by atoms with Gasteiger partial charge in [-0.15, -0.1) is 0 Å². The highest BCUT2D eigenvalue weighted by molar-refractivity contribution is 6.04. The summed E-state index contributed by atoms with van der Waals surface area (Å²) in [6, 6.07) is 8.02. The number of rotatable bonds is 8. The quantitative estimate of drug-likeness (QED) is 0.300. The first-order valence-electron chi connectivity index (χ1n) is 13.8. The second kappa shape index (κ2) is 11.6. The van der Waals surface area contributed by atoms with Gasteiger partial charge in [-0.05, 0) is 75.5 Å². The van der Waals surface area contributed by atoms with Gasteiger partial charge >= 0.3 is 0 Å². The minimum atomic E-state index is -0.775. The molecule has 1 aromatic carbocycles. The van der Waals surface area contributed by atoms with Gasteiger partial charge in [0.25, 0.3) is 0 Å². The van der Waals surface area contributed by atoms with Crippen molar-refractivity contribution in [1.29, 1.82) is 0 Å². The summed E-state index contributed by atoms with van der Waals surface area (Å²) >= 11 is 0. The van der Waals surface area contributed by atoms with E-state index in [2.05, 4.69) is 25.9 Å². The molecule has 3 aromatic rings. The van der Waals surface area contributed by atoms with E-state index in [0.29, 0.717) is 11.7 Å². The number of aliphatic hydroxyl groups is 1. The van der Waals surface area contributed by atoms with Crippen LogP contribution in [0.25, 0.3) is 27.9 Å². The summed E-state index contributed by atoms with van der Waals surface area (Å²) in [4.78, 5) is 26.0. The molecule has 2 aliphatic rings. The number of nitrogen functional groups attached to an aromatic ring is 1. The number of benzene rings is 1. The smallest absolute Gasteiger partial charge is 0.226 e. The Morgan fingerprint density at radius 1 is 1.23 bits per heavy atom. The SMILES string of the molecule is CN(C)C/C=C/C(O)Nc1ccc(-c2c(C3=CC[C@H](C(=O)N4CCCC4)CC3)c3c(N)ncnc3n2C)cc1. The van der Waals surface area contributed by atoms with Crippen molar-refractivity contribution in [3.63, 3.8) is 0 Å². The maximum absolute atomic E-state index is 13.0. The number of aromatic nitrogens is 3. The van der Waals surface area contributed by atoms with Gasteiger partial charge in [0.2, 0.25) is 5.91 Å². The highest BCUT2D eigenvalue weighted by Gasteiger charge is 2.30. The first kappa shape index (κ1) is 26.9. The summed E-state index contributed by atoms with van der Waals surface area (Å²) in [7, 11) is 5.97. The number of anilines is 2. The Labute approximate surface area is 230 Å². The summed E-state index contributed by atoms with van der Waals surface area (Å²) in [6.45, 7) is 2.54. The fraction of sp³-hybridized carbons (Fsp3) is 0.433. The molecule has 5 rings (SSSR count). The molecule has 2 atom stereocenters. The predicted molar refractivity (Wildman–Crippen MR) is 157 cm³/mol. The first-order chi connectivity index (χ1) is 18.8. The van der Waals surface area contributed by atoms with E-state index in [1.54, 1.807) is 6.08 Å². The maximum atomic E-state index is 13.0. The Balaban J connectivity index is 1.44. The number of amides is 1. The lowest BCUT2D eigenvalue weighted by molar-refractivity contribution is -0.134. The molecule has 4 N–H and O–H groups in total. The van der Waals surface area contributed by atoms with E-state index >= 15 is 0 Å². The fourth-order valence-corrected chi connectivity index (χ4v) is 5.75. The van der Waals surface area contributed by atoms with Crippen LogP contribution in [0.3, 0.4) is 0 Å². The number of allylic oxidation sites excluding steroid dienone is 2. The monoisotopic (exact) mass is 529 g/mol. The molecule has 206 valence electrons. The molecule has 2 aromatic heterocycles. The van der Waals surface area contributed by atoms with Crippen LogP contribution in [-0.4, -0.2) is 75.3 Å². The van der Waals surface area contributed by atoms with Gasteiger partial charge in [-0.1, -0.05) is 24.3 Å². The molecule has 0 radical (unpaired) electrons. The number of likely N-dealkylation sites (tertiary alicyclic amines) is 1. The number of carbonyl (C=O) groups excluding carboxylic acids is 1. The predicted octanol–water partition coefficient (Wildman–Crippen LogP) is 3.87. The van der Waals surface area contributed by atoms with E-state index in [1.165, 1.54) is 11.9 Å². The van der Waals surface area contributed by atoms with Crippen LogP contribution in [0.4, 0.5) is 11.5 Å². The normalized spacial score (nSPS) is 18.7. The molecule has 1 unspecified atom stereocenters. The van der Waals surface area contributed by atoms with Gasteiger partial charge in [-0.3, -0.25) is 4.79 Å². The van der Waals surface area contributed by atoms with Crippen molar-refractivity contribution in [2.24, 2.45) is 13.0 Å². The van der Waals surface area contributed by atoms with E-state index in [-0.39, 0.29) is 5.92 Å². The highest BCUT2D eigenvalue weighted by atomic mass is 16.3. The second-order valence-electron chi connectivity index (χ2n) is 10.8. The van der Waals surface area contributed by atoms with Gasteiger partial charge in [0.15, 0.2) is 0 Å². The van der Waals surface area contributed by atoms with Gasteiger partial charge in [0.1, 0.15) is 24.0 Å². The minimum absolute atomic E-state index is 0.0439. The van der Waals surface area contributed by atoms with E-state index in [0.717, 1.165) is 85.3 Å². The van der Waals surface area contributed by atoms with Crippen LogP contribution in [0.2, 0.25) is 0 Å². The van der Waals surface area contributed by atoms with Gasteiger partial charge in [-0.2, -0.15) is 0 Å². The zero-order valence-electron chi connectivity index (χ0n) is 23.1. The number of aryl methyl sites for hydroxylation is 1. The molecule has 9 heteroatoms. The van der Waals surface area contributed by atoms with Crippen molar-refractivity contribution >= 4 is 34.0 Å². The Hall–Kier alpha value is -3.69. The fourth-order valence-electron chi connectivity index (χ4n) is 5.75. The number of nitrogens with one attached hydrogen (secondary N) is 1.